The Morgan fingerprint density at radius 1 is 0.739 bits per heavy atom. The smallest absolute Gasteiger partial charge is 0.123 e. The summed E-state index contributed by atoms with van der Waals surface area (Å²) in [6.45, 7) is 4.13. The lowest BCUT2D eigenvalue weighted by molar-refractivity contribution is 0.462. The molecule has 23 heavy (non-hydrogen) atoms. The number of phenolic OH excluding ortho intramolecular Hbond substituents is 2. The summed E-state index contributed by atoms with van der Waals surface area (Å²) in [5.41, 5.74) is 4.39. The molecule has 0 saturated heterocycles. The fourth-order valence-corrected chi connectivity index (χ4v) is 3.19. The van der Waals surface area contributed by atoms with Crippen LogP contribution in [0.1, 0.15) is 36.1 Å². The predicted molar refractivity (Wildman–Crippen MR) is 95.3 cm³/mol. The molecule has 0 bridgehead atoms. The third-order valence-corrected chi connectivity index (χ3v) is 4.48. The van der Waals surface area contributed by atoms with Crippen molar-refractivity contribution in [3.8, 4) is 11.5 Å². The lowest BCUT2D eigenvalue weighted by atomic mass is 9.94. The second-order valence-corrected chi connectivity index (χ2v) is 5.94. The molecule has 118 valence electrons. The Kier molecular flexibility index (Phi) is 4.24. The molecule has 0 unspecified atom stereocenters. The SMILES string of the molecule is CCc1cc(Cc2ccc(O)c3ccccc23)cc(CC)c1O. The second-order valence-electron chi connectivity index (χ2n) is 5.94. The topological polar surface area (TPSA) is 40.5 Å². The quantitative estimate of drug-likeness (QED) is 0.714. The molecule has 0 spiro atoms. The largest absolute Gasteiger partial charge is 0.507 e. The van der Waals surface area contributed by atoms with Crippen LogP contribution in [0.15, 0.2) is 48.5 Å². The normalized spacial score (nSPS) is 11.0. The highest BCUT2D eigenvalue weighted by molar-refractivity contribution is 5.91. The maximum Gasteiger partial charge on any atom is 0.123 e. The summed E-state index contributed by atoms with van der Waals surface area (Å²) < 4.78 is 0. The number of aromatic hydroxyl groups is 2. The summed E-state index contributed by atoms with van der Waals surface area (Å²) in [5.74, 6) is 0.757. The average Bonchev–Trinajstić information content (AvgIpc) is 2.59. The molecule has 0 aromatic heterocycles. The lowest BCUT2D eigenvalue weighted by Gasteiger charge is -2.13. The number of hydrogen-bond acceptors (Lipinski definition) is 2. The molecule has 2 N–H and O–H groups in total. The molecule has 0 aliphatic heterocycles. The third-order valence-electron chi connectivity index (χ3n) is 4.48. The van der Waals surface area contributed by atoms with Crippen molar-refractivity contribution >= 4 is 10.8 Å². The highest BCUT2D eigenvalue weighted by Crippen LogP contribution is 2.31. The van der Waals surface area contributed by atoms with E-state index in [0.29, 0.717) is 11.5 Å². The number of aryl methyl sites for hydroxylation is 2. The van der Waals surface area contributed by atoms with Crippen molar-refractivity contribution in [2.24, 2.45) is 0 Å². The Hall–Kier alpha value is -2.48. The highest BCUT2D eigenvalue weighted by atomic mass is 16.3. The van der Waals surface area contributed by atoms with Gasteiger partial charge < -0.3 is 10.2 Å². The Morgan fingerprint density at radius 3 is 1.96 bits per heavy atom. The molecule has 0 saturated carbocycles. The van der Waals surface area contributed by atoms with Crippen LogP contribution >= 0.6 is 0 Å². The molecule has 2 nitrogen and oxygen atoms in total. The van der Waals surface area contributed by atoms with E-state index < -0.39 is 0 Å². The number of fused-ring (bicyclic) bond motifs is 1. The Labute approximate surface area is 137 Å². The van der Waals surface area contributed by atoms with Crippen LogP contribution in [0.3, 0.4) is 0 Å². The first-order valence-corrected chi connectivity index (χ1v) is 8.17. The van der Waals surface area contributed by atoms with E-state index in [1.807, 2.05) is 30.3 Å². The van der Waals surface area contributed by atoms with Gasteiger partial charge in [-0.25, -0.2) is 0 Å². The summed E-state index contributed by atoms with van der Waals surface area (Å²) in [6, 6.07) is 15.9. The van der Waals surface area contributed by atoms with Gasteiger partial charge in [-0.1, -0.05) is 56.3 Å². The summed E-state index contributed by atoms with van der Waals surface area (Å²) in [4.78, 5) is 0. The molecule has 0 aliphatic rings. The van der Waals surface area contributed by atoms with Gasteiger partial charge in [0, 0.05) is 5.39 Å². The van der Waals surface area contributed by atoms with Crippen molar-refractivity contribution in [3.05, 3.63) is 70.8 Å². The number of benzene rings is 3. The standard InChI is InChI=1S/C21H22O2/c1-3-15-11-14(12-16(4-2)21(15)23)13-17-9-10-20(22)19-8-6-5-7-18(17)19/h5-12,22-23H,3-4,13H2,1-2H3. The number of phenols is 2. The maximum atomic E-state index is 10.3. The van der Waals surface area contributed by atoms with Crippen molar-refractivity contribution in [2.45, 2.75) is 33.1 Å². The maximum absolute atomic E-state index is 10.3. The fourth-order valence-electron chi connectivity index (χ4n) is 3.19. The minimum absolute atomic E-state index is 0.318. The molecule has 3 aromatic rings. The molecular formula is C21H22O2. The van der Waals surface area contributed by atoms with Crippen LogP contribution in [-0.4, -0.2) is 10.2 Å². The van der Waals surface area contributed by atoms with Gasteiger partial charge in [0.2, 0.25) is 0 Å². The van der Waals surface area contributed by atoms with Crippen molar-refractivity contribution < 1.29 is 10.2 Å². The molecule has 2 heteroatoms. The number of rotatable bonds is 4. The van der Waals surface area contributed by atoms with Crippen LogP contribution in [0.4, 0.5) is 0 Å². The monoisotopic (exact) mass is 306 g/mol. The van der Waals surface area contributed by atoms with E-state index in [0.717, 1.165) is 41.2 Å². The lowest BCUT2D eigenvalue weighted by Crippen LogP contribution is -1.96. The van der Waals surface area contributed by atoms with Crippen molar-refractivity contribution in [3.63, 3.8) is 0 Å². The minimum Gasteiger partial charge on any atom is -0.507 e. The van der Waals surface area contributed by atoms with E-state index >= 15 is 0 Å². The van der Waals surface area contributed by atoms with Gasteiger partial charge in [-0.05, 0) is 53.0 Å². The van der Waals surface area contributed by atoms with Crippen LogP contribution in [-0.2, 0) is 19.3 Å². The molecule has 0 atom stereocenters. The van der Waals surface area contributed by atoms with Gasteiger partial charge in [0.1, 0.15) is 11.5 Å². The predicted octanol–water partition coefficient (Wildman–Crippen LogP) is 4.97. The van der Waals surface area contributed by atoms with E-state index in [9.17, 15) is 10.2 Å². The first-order valence-electron chi connectivity index (χ1n) is 8.17. The van der Waals surface area contributed by atoms with Gasteiger partial charge >= 0.3 is 0 Å². The summed E-state index contributed by atoms with van der Waals surface area (Å²) in [7, 11) is 0. The first-order chi connectivity index (χ1) is 11.1. The molecule has 3 rings (SSSR count). The fraction of sp³-hybridized carbons (Fsp3) is 0.238. The molecule has 0 amide bonds. The highest BCUT2D eigenvalue weighted by Gasteiger charge is 2.10. The molecule has 0 aliphatic carbocycles. The molecular weight excluding hydrogens is 284 g/mol. The van der Waals surface area contributed by atoms with Crippen LogP contribution < -0.4 is 0 Å². The van der Waals surface area contributed by atoms with Crippen molar-refractivity contribution in [2.75, 3.05) is 0 Å². The van der Waals surface area contributed by atoms with Gasteiger partial charge in [0.15, 0.2) is 0 Å². The third kappa shape index (κ3) is 2.89. The Bertz CT molecular complexity index is 825. The minimum atomic E-state index is 0.318. The van der Waals surface area contributed by atoms with Gasteiger partial charge in [0.05, 0.1) is 0 Å². The second kappa shape index (κ2) is 6.33. The zero-order valence-electron chi connectivity index (χ0n) is 13.6. The average molecular weight is 306 g/mol. The zero-order chi connectivity index (χ0) is 16.4. The molecule has 0 fully saturated rings. The summed E-state index contributed by atoms with van der Waals surface area (Å²) in [5, 5.41) is 22.2. The molecule has 0 heterocycles. The number of hydrogen-bond donors (Lipinski definition) is 2. The van der Waals surface area contributed by atoms with E-state index in [-0.39, 0.29) is 0 Å². The van der Waals surface area contributed by atoms with Crippen LogP contribution in [0.25, 0.3) is 10.8 Å². The van der Waals surface area contributed by atoms with E-state index in [4.69, 9.17) is 0 Å². The van der Waals surface area contributed by atoms with Gasteiger partial charge in [0.25, 0.3) is 0 Å². The van der Waals surface area contributed by atoms with Crippen LogP contribution in [0.5, 0.6) is 11.5 Å². The first kappa shape index (κ1) is 15.4. The van der Waals surface area contributed by atoms with Crippen LogP contribution in [0, 0.1) is 0 Å². The zero-order valence-corrected chi connectivity index (χ0v) is 13.6. The van der Waals surface area contributed by atoms with E-state index in [1.165, 1.54) is 11.1 Å². The summed E-state index contributed by atoms with van der Waals surface area (Å²) >= 11 is 0. The summed E-state index contributed by atoms with van der Waals surface area (Å²) in [6.07, 6.45) is 2.44. The van der Waals surface area contributed by atoms with Crippen molar-refractivity contribution in [1.82, 2.24) is 0 Å². The van der Waals surface area contributed by atoms with Gasteiger partial charge in [-0.2, -0.15) is 0 Å². The Balaban J connectivity index is 2.08. The van der Waals surface area contributed by atoms with E-state index in [1.54, 1.807) is 6.07 Å². The molecule has 3 aromatic carbocycles. The van der Waals surface area contributed by atoms with Gasteiger partial charge in [-0.3, -0.25) is 0 Å². The van der Waals surface area contributed by atoms with E-state index in [2.05, 4.69) is 26.0 Å². The van der Waals surface area contributed by atoms with Crippen LogP contribution in [0.2, 0.25) is 0 Å². The molecule has 0 radical (unpaired) electrons. The Morgan fingerprint density at radius 2 is 1.35 bits per heavy atom. The van der Waals surface area contributed by atoms with Crippen molar-refractivity contribution in [1.29, 1.82) is 0 Å². The van der Waals surface area contributed by atoms with Gasteiger partial charge in [-0.15, -0.1) is 0 Å².